The van der Waals surface area contributed by atoms with Crippen molar-refractivity contribution in [2.45, 2.75) is 19.1 Å². The van der Waals surface area contributed by atoms with Crippen molar-refractivity contribution >= 4 is 23.1 Å². The van der Waals surface area contributed by atoms with Gasteiger partial charge in [-0.2, -0.15) is 13.2 Å². The molecule has 0 unspecified atom stereocenters. The van der Waals surface area contributed by atoms with E-state index in [1.165, 1.54) is 0 Å². The fourth-order valence-electron chi connectivity index (χ4n) is 2.91. The Morgan fingerprint density at radius 2 is 1.85 bits per heavy atom. The van der Waals surface area contributed by atoms with Crippen molar-refractivity contribution < 1.29 is 18.0 Å². The fourth-order valence-corrected chi connectivity index (χ4v) is 3.03. The van der Waals surface area contributed by atoms with Gasteiger partial charge in [0.15, 0.2) is 0 Å². The number of amides is 1. The Morgan fingerprint density at radius 3 is 2.46 bits per heavy atom. The highest BCUT2D eigenvalue weighted by Crippen LogP contribution is 2.34. The number of alkyl halides is 3. The zero-order valence-electron chi connectivity index (χ0n) is 13.7. The number of halogens is 4. The maximum absolute atomic E-state index is 12.6. The number of nitrogens with zero attached hydrogens (tertiary/aromatic N) is 1. The average Bonchev–Trinajstić information content (AvgIpc) is 2.59. The number of benzene rings is 2. The zero-order valence-corrected chi connectivity index (χ0v) is 14.4. The Hall–Kier alpha value is -2.47. The van der Waals surface area contributed by atoms with Crippen LogP contribution in [-0.2, 0) is 6.54 Å². The van der Waals surface area contributed by atoms with Crippen LogP contribution in [0, 0.1) is 0 Å². The first-order valence-corrected chi connectivity index (χ1v) is 8.32. The highest BCUT2D eigenvalue weighted by Gasteiger charge is 2.28. The van der Waals surface area contributed by atoms with Crippen LogP contribution in [0.2, 0.25) is 5.02 Å². The van der Waals surface area contributed by atoms with Crippen molar-refractivity contribution in [2.75, 3.05) is 6.54 Å². The van der Waals surface area contributed by atoms with Crippen LogP contribution in [0.25, 0.3) is 5.57 Å². The zero-order chi connectivity index (χ0) is 18.9. The molecule has 1 aliphatic rings. The molecule has 0 saturated carbocycles. The number of primary amides is 1. The largest absolute Gasteiger partial charge is 0.390 e. The number of fused-ring (bicyclic) bond motifs is 1. The average molecular weight is 381 g/mol. The van der Waals surface area contributed by atoms with E-state index < -0.39 is 18.5 Å². The first-order chi connectivity index (χ1) is 12.2. The summed E-state index contributed by atoms with van der Waals surface area (Å²) in [5.41, 5.74) is 8.87. The molecule has 0 saturated heterocycles. The monoisotopic (exact) mass is 380 g/mol. The number of nitrogens with two attached hydrogens (primary N) is 1. The summed E-state index contributed by atoms with van der Waals surface area (Å²) in [7, 11) is 0. The third kappa shape index (κ3) is 4.19. The summed E-state index contributed by atoms with van der Waals surface area (Å²) in [6, 6.07) is 12.0. The molecule has 2 aromatic carbocycles. The molecule has 1 aliphatic heterocycles. The standard InChI is InChI=1S/C19H16ClF3N2O/c20-15-5-3-12(4-6-15)17-11-25(8-7-19(21,22)23)10-14-2-1-13(18(24)26)9-16(14)17/h1-6,9,11H,7-8,10H2,(H2,24,26). The van der Waals surface area contributed by atoms with E-state index >= 15 is 0 Å². The van der Waals surface area contributed by atoms with Gasteiger partial charge in [-0.15, -0.1) is 0 Å². The third-order valence-corrected chi connectivity index (χ3v) is 4.46. The maximum atomic E-state index is 12.6. The molecule has 0 radical (unpaired) electrons. The Labute approximate surface area is 153 Å². The molecule has 3 nitrogen and oxygen atoms in total. The van der Waals surface area contributed by atoms with Gasteiger partial charge in [-0.3, -0.25) is 4.79 Å². The molecule has 26 heavy (non-hydrogen) atoms. The van der Waals surface area contributed by atoms with Gasteiger partial charge >= 0.3 is 6.18 Å². The van der Waals surface area contributed by atoms with E-state index in [1.54, 1.807) is 53.6 Å². The smallest absolute Gasteiger partial charge is 0.372 e. The Bertz CT molecular complexity index is 860. The molecule has 0 fully saturated rings. The van der Waals surface area contributed by atoms with Crippen LogP contribution < -0.4 is 5.73 Å². The molecule has 2 aromatic rings. The molecule has 0 spiro atoms. The van der Waals surface area contributed by atoms with Crippen LogP contribution in [0.1, 0.15) is 33.5 Å². The lowest BCUT2D eigenvalue weighted by Crippen LogP contribution is -2.27. The first-order valence-electron chi connectivity index (χ1n) is 7.94. The Balaban J connectivity index is 2.02. The van der Waals surface area contributed by atoms with E-state index in [-0.39, 0.29) is 6.54 Å². The highest BCUT2D eigenvalue weighted by molar-refractivity contribution is 6.30. The van der Waals surface area contributed by atoms with Crippen LogP contribution in [-0.4, -0.2) is 23.5 Å². The van der Waals surface area contributed by atoms with Crippen LogP contribution in [0.5, 0.6) is 0 Å². The molecule has 3 rings (SSSR count). The van der Waals surface area contributed by atoms with Crippen molar-refractivity contribution in [1.29, 1.82) is 0 Å². The third-order valence-electron chi connectivity index (χ3n) is 4.21. The van der Waals surface area contributed by atoms with Crippen molar-refractivity contribution in [2.24, 2.45) is 5.73 Å². The molecule has 0 bridgehead atoms. The van der Waals surface area contributed by atoms with Gasteiger partial charge < -0.3 is 10.6 Å². The second kappa shape index (κ2) is 7.03. The molecular formula is C19H16ClF3N2O. The van der Waals surface area contributed by atoms with E-state index in [0.717, 1.165) is 22.3 Å². The van der Waals surface area contributed by atoms with E-state index in [0.29, 0.717) is 17.1 Å². The van der Waals surface area contributed by atoms with Gasteiger partial charge in [-0.05, 0) is 41.0 Å². The lowest BCUT2D eigenvalue weighted by Gasteiger charge is -2.30. The topological polar surface area (TPSA) is 46.3 Å². The molecule has 136 valence electrons. The quantitative estimate of drug-likeness (QED) is 0.842. The minimum atomic E-state index is -4.22. The van der Waals surface area contributed by atoms with Gasteiger partial charge in [-0.1, -0.05) is 29.8 Å². The minimum absolute atomic E-state index is 0.141. The van der Waals surface area contributed by atoms with Gasteiger partial charge in [0.2, 0.25) is 5.91 Å². The summed E-state index contributed by atoms with van der Waals surface area (Å²) >= 11 is 5.93. The summed E-state index contributed by atoms with van der Waals surface area (Å²) < 4.78 is 37.8. The van der Waals surface area contributed by atoms with E-state index in [1.807, 2.05) is 0 Å². The van der Waals surface area contributed by atoms with Crippen LogP contribution >= 0.6 is 11.6 Å². The van der Waals surface area contributed by atoms with Crippen LogP contribution in [0.15, 0.2) is 48.7 Å². The molecule has 1 heterocycles. The van der Waals surface area contributed by atoms with Crippen molar-refractivity contribution in [3.05, 3.63) is 75.9 Å². The predicted molar refractivity (Wildman–Crippen MR) is 94.6 cm³/mol. The molecule has 7 heteroatoms. The molecule has 0 atom stereocenters. The summed E-state index contributed by atoms with van der Waals surface area (Å²) in [5.74, 6) is -0.553. The Morgan fingerprint density at radius 1 is 1.15 bits per heavy atom. The van der Waals surface area contributed by atoms with Crippen LogP contribution in [0.3, 0.4) is 0 Å². The van der Waals surface area contributed by atoms with Gasteiger partial charge in [-0.25, -0.2) is 0 Å². The molecule has 2 N–H and O–H groups in total. The summed E-state index contributed by atoms with van der Waals surface area (Å²) in [5, 5.41) is 0.560. The lowest BCUT2D eigenvalue weighted by molar-refractivity contribution is -0.136. The number of hydrogen-bond donors (Lipinski definition) is 1. The van der Waals surface area contributed by atoms with Gasteiger partial charge in [0, 0.05) is 35.4 Å². The SMILES string of the molecule is NC(=O)c1ccc2c(c1)C(c1ccc(Cl)cc1)=CN(CCC(F)(F)F)C2. The van der Waals surface area contributed by atoms with Crippen molar-refractivity contribution in [3.63, 3.8) is 0 Å². The van der Waals surface area contributed by atoms with Gasteiger partial charge in [0.25, 0.3) is 0 Å². The Kier molecular flexibility index (Phi) is 4.96. The van der Waals surface area contributed by atoms with Crippen molar-refractivity contribution in [3.8, 4) is 0 Å². The normalized spacial score (nSPS) is 14.0. The van der Waals surface area contributed by atoms with Crippen LogP contribution in [0.4, 0.5) is 13.2 Å². The second-order valence-corrected chi connectivity index (χ2v) is 6.56. The summed E-state index contributed by atoms with van der Waals surface area (Å²) in [4.78, 5) is 13.1. The number of hydrogen-bond acceptors (Lipinski definition) is 2. The van der Waals surface area contributed by atoms with E-state index in [4.69, 9.17) is 17.3 Å². The number of rotatable bonds is 4. The van der Waals surface area contributed by atoms with Gasteiger partial charge in [0.05, 0.1) is 6.42 Å². The van der Waals surface area contributed by atoms with E-state index in [2.05, 4.69) is 0 Å². The molecule has 1 amide bonds. The number of carbonyl (C=O) groups is 1. The lowest BCUT2D eigenvalue weighted by atomic mass is 9.90. The van der Waals surface area contributed by atoms with Gasteiger partial charge in [0.1, 0.15) is 0 Å². The summed E-state index contributed by atoms with van der Waals surface area (Å²) in [6.45, 7) is 0.194. The maximum Gasteiger partial charge on any atom is 0.390 e. The first kappa shape index (κ1) is 18.3. The molecular weight excluding hydrogens is 365 g/mol. The predicted octanol–water partition coefficient (Wildman–Crippen LogP) is 4.60. The number of carbonyl (C=O) groups excluding carboxylic acids is 1. The molecule has 0 aromatic heterocycles. The summed E-state index contributed by atoms with van der Waals surface area (Å²) in [6.07, 6.45) is -3.42. The second-order valence-electron chi connectivity index (χ2n) is 6.12. The fraction of sp³-hybridized carbons (Fsp3) is 0.211. The molecule has 0 aliphatic carbocycles. The van der Waals surface area contributed by atoms with E-state index in [9.17, 15) is 18.0 Å². The highest BCUT2D eigenvalue weighted by atomic mass is 35.5. The minimum Gasteiger partial charge on any atom is -0.372 e. The van der Waals surface area contributed by atoms with Crippen molar-refractivity contribution in [1.82, 2.24) is 4.90 Å².